The minimum Gasteiger partial charge on any atom is -0.312 e. The standard InChI is InChI=1S/C9H16N2.2ClH/c1-4-7-11(8-5-2)9(10)6-3;;/h4-6,9H,1-3,7-8,10H2;2*1H. The fourth-order valence-electron chi connectivity index (χ4n) is 0.799. The fourth-order valence-corrected chi connectivity index (χ4v) is 0.799. The molecule has 0 saturated carbocycles. The maximum absolute atomic E-state index is 5.70. The van der Waals surface area contributed by atoms with Crippen LogP contribution in [0.5, 0.6) is 0 Å². The van der Waals surface area contributed by atoms with Crippen molar-refractivity contribution in [2.45, 2.75) is 6.17 Å². The van der Waals surface area contributed by atoms with Crippen LogP contribution < -0.4 is 5.73 Å². The summed E-state index contributed by atoms with van der Waals surface area (Å²) < 4.78 is 0. The molecule has 0 aromatic rings. The molecule has 0 aliphatic carbocycles. The van der Waals surface area contributed by atoms with E-state index in [4.69, 9.17) is 5.73 Å². The van der Waals surface area contributed by atoms with Gasteiger partial charge in [0.2, 0.25) is 0 Å². The number of rotatable bonds is 6. The highest BCUT2D eigenvalue weighted by molar-refractivity contribution is 5.85. The molecule has 0 amide bonds. The third-order valence-electron chi connectivity index (χ3n) is 1.39. The molecule has 1 atom stereocenters. The van der Waals surface area contributed by atoms with Crippen molar-refractivity contribution in [3.8, 4) is 0 Å². The van der Waals surface area contributed by atoms with E-state index in [0.717, 1.165) is 13.1 Å². The smallest absolute Gasteiger partial charge is 0.0766 e. The normalized spacial score (nSPS) is 10.6. The van der Waals surface area contributed by atoms with Crippen LogP contribution in [-0.4, -0.2) is 24.2 Å². The van der Waals surface area contributed by atoms with Crippen molar-refractivity contribution in [1.29, 1.82) is 0 Å². The molecule has 0 heterocycles. The zero-order valence-electron chi connectivity index (χ0n) is 7.69. The Morgan fingerprint density at radius 1 is 1.08 bits per heavy atom. The van der Waals surface area contributed by atoms with Crippen LogP contribution in [0.25, 0.3) is 0 Å². The van der Waals surface area contributed by atoms with Crippen molar-refractivity contribution in [3.05, 3.63) is 38.0 Å². The Balaban J connectivity index is -0.000000500. The summed E-state index contributed by atoms with van der Waals surface area (Å²) in [6.07, 6.45) is 5.22. The molecule has 1 unspecified atom stereocenters. The molecule has 0 aliphatic heterocycles. The van der Waals surface area contributed by atoms with E-state index >= 15 is 0 Å². The molecule has 78 valence electrons. The maximum atomic E-state index is 5.70. The van der Waals surface area contributed by atoms with Gasteiger partial charge in [-0.15, -0.1) is 44.6 Å². The van der Waals surface area contributed by atoms with Crippen molar-refractivity contribution in [3.63, 3.8) is 0 Å². The van der Waals surface area contributed by atoms with Gasteiger partial charge in [0, 0.05) is 13.1 Å². The molecule has 0 spiro atoms. The third kappa shape index (κ3) is 8.06. The number of hydrogen-bond donors (Lipinski definition) is 1. The minimum absolute atomic E-state index is 0. The Labute approximate surface area is 93.0 Å². The highest BCUT2D eigenvalue weighted by Crippen LogP contribution is 1.94. The van der Waals surface area contributed by atoms with Crippen molar-refractivity contribution >= 4 is 24.8 Å². The van der Waals surface area contributed by atoms with Crippen molar-refractivity contribution in [2.75, 3.05) is 13.1 Å². The van der Waals surface area contributed by atoms with Crippen molar-refractivity contribution < 1.29 is 0 Å². The number of nitrogens with zero attached hydrogens (tertiary/aromatic N) is 1. The summed E-state index contributed by atoms with van der Waals surface area (Å²) in [6, 6.07) is 0. The van der Waals surface area contributed by atoms with Gasteiger partial charge in [-0.05, 0) is 0 Å². The molecule has 2 nitrogen and oxygen atoms in total. The van der Waals surface area contributed by atoms with Crippen LogP contribution in [0.1, 0.15) is 0 Å². The van der Waals surface area contributed by atoms with E-state index in [-0.39, 0.29) is 31.0 Å². The summed E-state index contributed by atoms with van der Waals surface area (Å²) in [7, 11) is 0. The van der Waals surface area contributed by atoms with Gasteiger partial charge in [-0.3, -0.25) is 4.90 Å². The Morgan fingerprint density at radius 2 is 1.46 bits per heavy atom. The number of halogens is 2. The van der Waals surface area contributed by atoms with E-state index in [1.54, 1.807) is 6.08 Å². The first-order valence-corrected chi connectivity index (χ1v) is 3.60. The van der Waals surface area contributed by atoms with Gasteiger partial charge in [-0.1, -0.05) is 18.2 Å². The van der Waals surface area contributed by atoms with Gasteiger partial charge in [-0.25, -0.2) is 0 Å². The van der Waals surface area contributed by atoms with Crippen molar-refractivity contribution in [1.82, 2.24) is 4.90 Å². The van der Waals surface area contributed by atoms with Gasteiger partial charge in [0.1, 0.15) is 0 Å². The second-order valence-corrected chi connectivity index (χ2v) is 2.26. The Morgan fingerprint density at radius 3 is 1.69 bits per heavy atom. The second-order valence-electron chi connectivity index (χ2n) is 2.26. The molecule has 0 fully saturated rings. The molecule has 0 radical (unpaired) electrons. The first kappa shape index (κ1) is 18.5. The zero-order chi connectivity index (χ0) is 8.69. The summed E-state index contributed by atoms with van der Waals surface area (Å²) in [5, 5.41) is 0. The van der Waals surface area contributed by atoms with Crippen LogP contribution in [0.2, 0.25) is 0 Å². The van der Waals surface area contributed by atoms with Gasteiger partial charge >= 0.3 is 0 Å². The molecular weight excluding hydrogens is 207 g/mol. The highest BCUT2D eigenvalue weighted by atomic mass is 35.5. The van der Waals surface area contributed by atoms with Gasteiger partial charge in [0.25, 0.3) is 0 Å². The average molecular weight is 225 g/mol. The lowest BCUT2D eigenvalue weighted by Gasteiger charge is -2.23. The van der Waals surface area contributed by atoms with E-state index in [9.17, 15) is 0 Å². The van der Waals surface area contributed by atoms with Gasteiger partial charge in [-0.2, -0.15) is 0 Å². The average Bonchev–Trinajstić information content (AvgIpc) is 2.03. The first-order valence-electron chi connectivity index (χ1n) is 3.60. The molecule has 4 heteroatoms. The molecule has 0 rings (SSSR count). The summed E-state index contributed by atoms with van der Waals surface area (Å²) in [4.78, 5) is 2.01. The van der Waals surface area contributed by atoms with Crippen LogP contribution in [0.4, 0.5) is 0 Å². The Kier molecular flexibility index (Phi) is 16.7. The summed E-state index contributed by atoms with van der Waals surface area (Å²) in [5.74, 6) is 0. The van der Waals surface area contributed by atoms with Crippen LogP contribution in [0, 0.1) is 0 Å². The zero-order valence-corrected chi connectivity index (χ0v) is 9.32. The number of nitrogens with two attached hydrogens (primary N) is 1. The van der Waals surface area contributed by atoms with Crippen LogP contribution in [0.15, 0.2) is 38.0 Å². The van der Waals surface area contributed by atoms with Gasteiger partial charge in [0.05, 0.1) is 6.17 Å². The summed E-state index contributed by atoms with van der Waals surface area (Å²) >= 11 is 0. The lowest BCUT2D eigenvalue weighted by Crippen LogP contribution is -2.40. The van der Waals surface area contributed by atoms with E-state index in [2.05, 4.69) is 19.7 Å². The van der Waals surface area contributed by atoms with E-state index in [0.29, 0.717) is 0 Å². The van der Waals surface area contributed by atoms with Gasteiger partial charge in [0.15, 0.2) is 0 Å². The summed E-state index contributed by atoms with van der Waals surface area (Å²) in [6.45, 7) is 12.4. The molecule has 0 bridgehead atoms. The van der Waals surface area contributed by atoms with Crippen LogP contribution >= 0.6 is 24.8 Å². The van der Waals surface area contributed by atoms with E-state index in [1.165, 1.54) is 0 Å². The third-order valence-corrected chi connectivity index (χ3v) is 1.39. The predicted octanol–water partition coefficient (Wildman–Crippen LogP) is 1.97. The highest BCUT2D eigenvalue weighted by Gasteiger charge is 2.05. The van der Waals surface area contributed by atoms with E-state index < -0.39 is 0 Å². The van der Waals surface area contributed by atoms with Crippen LogP contribution in [0.3, 0.4) is 0 Å². The quantitative estimate of drug-likeness (QED) is 0.553. The SMILES string of the molecule is C=CCN(CC=C)C(N)C=C.Cl.Cl. The van der Waals surface area contributed by atoms with Gasteiger partial charge < -0.3 is 5.73 Å². The molecule has 0 aromatic heterocycles. The molecule has 0 aromatic carbocycles. The lowest BCUT2D eigenvalue weighted by atomic mass is 10.3. The van der Waals surface area contributed by atoms with Crippen molar-refractivity contribution in [2.24, 2.45) is 5.73 Å². The fraction of sp³-hybridized carbons (Fsp3) is 0.333. The monoisotopic (exact) mass is 224 g/mol. The summed E-state index contributed by atoms with van der Waals surface area (Å²) in [5.41, 5.74) is 5.70. The first-order chi connectivity index (χ1) is 5.26. The molecule has 2 N–H and O–H groups in total. The molecule has 13 heavy (non-hydrogen) atoms. The maximum Gasteiger partial charge on any atom is 0.0766 e. The topological polar surface area (TPSA) is 29.3 Å². The Bertz CT molecular complexity index is 139. The molecular formula is C9H18Cl2N2. The predicted molar refractivity (Wildman–Crippen MR) is 64.6 cm³/mol. The largest absolute Gasteiger partial charge is 0.312 e. The molecule has 0 aliphatic rings. The Hall–Kier alpha value is -0.280. The number of hydrogen-bond acceptors (Lipinski definition) is 2. The second kappa shape index (κ2) is 11.7. The lowest BCUT2D eigenvalue weighted by molar-refractivity contribution is 0.287. The van der Waals surface area contributed by atoms with Crippen LogP contribution in [-0.2, 0) is 0 Å². The van der Waals surface area contributed by atoms with E-state index in [1.807, 2.05) is 17.1 Å². The molecule has 0 saturated heterocycles. The minimum atomic E-state index is -0.106.